The Labute approximate surface area is 232 Å². The molecule has 1 fully saturated rings. The Kier molecular flexibility index (Phi) is 7.33. The van der Waals surface area contributed by atoms with Gasteiger partial charge in [-0.15, -0.1) is 11.8 Å². The standard InChI is InChI=1S/C29H35N4O5S/c1-18-19(2)33-24(27(34)37-15-20-9-11-22(36-6)12-10-20)21(16-39-26(18)33)14-31-13-7-8-23-25(31)30-17-32(23)28(35)38-29(3,4)5/h7-13,17-19,26H,14-16H2,1-6H3/q+1. The molecule has 2 aromatic heterocycles. The molecule has 0 bridgehead atoms. The van der Waals surface area contributed by atoms with E-state index in [-0.39, 0.29) is 24.0 Å². The van der Waals surface area contributed by atoms with Crippen LogP contribution in [-0.4, -0.2) is 56.4 Å². The highest BCUT2D eigenvalue weighted by atomic mass is 32.2. The predicted octanol–water partition coefficient (Wildman–Crippen LogP) is 4.53. The van der Waals surface area contributed by atoms with Crippen LogP contribution >= 0.6 is 11.8 Å². The third-order valence-corrected chi connectivity index (χ3v) is 8.71. The molecular weight excluding hydrogens is 516 g/mol. The van der Waals surface area contributed by atoms with E-state index in [9.17, 15) is 9.59 Å². The number of carbonyl (C=O) groups excluding carboxylic acids is 2. The van der Waals surface area contributed by atoms with E-state index < -0.39 is 11.7 Å². The Bertz CT molecular complexity index is 1430. The average molecular weight is 552 g/mol. The second-order valence-corrected chi connectivity index (χ2v) is 12.1. The van der Waals surface area contributed by atoms with Crippen molar-refractivity contribution in [3.63, 3.8) is 0 Å². The van der Waals surface area contributed by atoms with Gasteiger partial charge in [0.25, 0.3) is 0 Å². The molecule has 1 saturated heterocycles. The van der Waals surface area contributed by atoms with Crippen molar-refractivity contribution < 1.29 is 28.4 Å². The van der Waals surface area contributed by atoms with E-state index in [0.29, 0.717) is 35.1 Å². The van der Waals surface area contributed by atoms with Crippen molar-refractivity contribution in [1.82, 2.24) is 14.5 Å². The molecule has 2 aliphatic rings. The first-order chi connectivity index (χ1) is 18.6. The highest BCUT2D eigenvalue weighted by Gasteiger charge is 2.49. The SMILES string of the molecule is COc1ccc(COC(=O)C2=C(C[n+]3cccc4c3ncn4C(=O)OC(C)(C)C)CSC3C(C)C(C)N23)cc1. The summed E-state index contributed by atoms with van der Waals surface area (Å²) in [5, 5.41) is 0.249. The Hall–Kier alpha value is -3.53. The van der Waals surface area contributed by atoms with E-state index in [4.69, 9.17) is 14.2 Å². The predicted molar refractivity (Wildman–Crippen MR) is 148 cm³/mol. The fourth-order valence-electron chi connectivity index (χ4n) is 5.01. The number of pyridine rings is 1. The van der Waals surface area contributed by atoms with Crippen molar-refractivity contribution in [2.24, 2.45) is 5.92 Å². The van der Waals surface area contributed by atoms with Crippen LogP contribution in [0.25, 0.3) is 11.2 Å². The molecule has 206 valence electrons. The molecule has 3 aromatic rings. The summed E-state index contributed by atoms with van der Waals surface area (Å²) < 4.78 is 20.0. The Morgan fingerprint density at radius 1 is 1.15 bits per heavy atom. The molecule has 0 amide bonds. The fraction of sp³-hybridized carbons (Fsp3) is 0.448. The summed E-state index contributed by atoms with van der Waals surface area (Å²) >= 11 is 1.85. The number of methoxy groups -OCH3 is 1. The van der Waals surface area contributed by atoms with Crippen molar-refractivity contribution in [3.8, 4) is 5.75 Å². The Balaban J connectivity index is 1.44. The van der Waals surface area contributed by atoms with E-state index in [0.717, 1.165) is 16.9 Å². The van der Waals surface area contributed by atoms with Crippen LogP contribution in [0.4, 0.5) is 4.79 Å². The maximum Gasteiger partial charge on any atom is 0.422 e. The maximum atomic E-state index is 13.6. The molecule has 0 saturated carbocycles. The summed E-state index contributed by atoms with van der Waals surface area (Å²) in [7, 11) is 1.62. The highest BCUT2D eigenvalue weighted by molar-refractivity contribution is 8.00. The normalized spacial score (nSPS) is 20.9. The van der Waals surface area contributed by atoms with Gasteiger partial charge in [-0.3, -0.25) is 0 Å². The molecule has 9 nitrogen and oxygen atoms in total. The fourth-order valence-corrected chi connectivity index (χ4v) is 6.60. The molecule has 1 aromatic carbocycles. The Morgan fingerprint density at radius 2 is 1.90 bits per heavy atom. The van der Waals surface area contributed by atoms with Gasteiger partial charge in [-0.05, 0) is 62.5 Å². The minimum atomic E-state index is -0.620. The van der Waals surface area contributed by atoms with Crippen LogP contribution in [-0.2, 0) is 27.4 Å². The molecule has 0 spiro atoms. The number of rotatable bonds is 6. The zero-order valence-electron chi connectivity index (χ0n) is 23.2. The number of hydrogen-bond acceptors (Lipinski definition) is 8. The van der Waals surface area contributed by atoms with Gasteiger partial charge < -0.3 is 19.1 Å². The van der Waals surface area contributed by atoms with Gasteiger partial charge >= 0.3 is 17.7 Å². The average Bonchev–Trinajstić information content (AvgIpc) is 3.36. The molecular formula is C29H35N4O5S+. The number of thioether (sulfide) groups is 1. The molecule has 10 heteroatoms. The van der Waals surface area contributed by atoms with E-state index in [1.807, 2.05) is 79.7 Å². The zero-order chi connectivity index (χ0) is 27.9. The van der Waals surface area contributed by atoms with E-state index in [2.05, 4.69) is 23.7 Å². The number of carbonyl (C=O) groups is 2. The van der Waals surface area contributed by atoms with E-state index in [1.165, 1.54) is 10.9 Å². The molecule has 39 heavy (non-hydrogen) atoms. The number of esters is 1. The summed E-state index contributed by atoms with van der Waals surface area (Å²) in [6.45, 7) is 10.5. The summed E-state index contributed by atoms with van der Waals surface area (Å²) in [6.07, 6.45) is 2.92. The molecule has 0 N–H and O–H groups in total. The van der Waals surface area contributed by atoms with Gasteiger partial charge in [0.15, 0.2) is 0 Å². The van der Waals surface area contributed by atoms with Crippen LogP contribution in [0.2, 0.25) is 0 Å². The summed E-state index contributed by atoms with van der Waals surface area (Å²) in [4.78, 5) is 33.1. The number of nitrogens with zero attached hydrogens (tertiary/aromatic N) is 4. The first-order valence-electron chi connectivity index (χ1n) is 13.1. The summed E-state index contributed by atoms with van der Waals surface area (Å²) in [6, 6.07) is 11.4. The lowest BCUT2D eigenvalue weighted by Gasteiger charge is -2.56. The Morgan fingerprint density at radius 3 is 2.59 bits per heavy atom. The number of benzene rings is 1. The van der Waals surface area contributed by atoms with Crippen molar-refractivity contribution in [2.45, 2.75) is 64.8 Å². The molecule has 0 aliphatic carbocycles. The highest BCUT2D eigenvalue weighted by Crippen LogP contribution is 2.47. The smallest absolute Gasteiger partial charge is 0.422 e. The van der Waals surface area contributed by atoms with Crippen LogP contribution in [0, 0.1) is 5.92 Å². The zero-order valence-corrected chi connectivity index (χ0v) is 24.0. The summed E-state index contributed by atoms with van der Waals surface area (Å²) in [5.74, 6) is 1.62. The molecule has 3 atom stereocenters. The first kappa shape index (κ1) is 27.1. The lowest BCUT2D eigenvalue weighted by Crippen LogP contribution is -2.62. The second kappa shape index (κ2) is 10.6. The number of imidazole rings is 1. The van der Waals surface area contributed by atoms with Gasteiger partial charge in [-0.2, -0.15) is 0 Å². The first-order valence-corrected chi connectivity index (χ1v) is 14.1. The van der Waals surface area contributed by atoms with Gasteiger partial charge in [-0.1, -0.05) is 19.1 Å². The molecule has 0 radical (unpaired) electrons. The van der Waals surface area contributed by atoms with Crippen LogP contribution < -0.4 is 9.30 Å². The van der Waals surface area contributed by atoms with Gasteiger partial charge in [0, 0.05) is 23.3 Å². The molecule has 2 aliphatic heterocycles. The second-order valence-electron chi connectivity index (χ2n) is 11.0. The van der Waals surface area contributed by atoms with Crippen molar-refractivity contribution >= 4 is 35.0 Å². The van der Waals surface area contributed by atoms with E-state index in [1.54, 1.807) is 7.11 Å². The van der Waals surface area contributed by atoms with Gasteiger partial charge in [-0.25, -0.2) is 18.7 Å². The van der Waals surface area contributed by atoms with E-state index >= 15 is 0 Å². The number of ether oxygens (including phenoxy) is 3. The van der Waals surface area contributed by atoms with Crippen molar-refractivity contribution in [1.29, 1.82) is 0 Å². The monoisotopic (exact) mass is 551 g/mol. The lowest BCUT2D eigenvalue weighted by molar-refractivity contribution is -0.664. The molecule has 5 rings (SSSR count). The van der Waals surface area contributed by atoms with Gasteiger partial charge in [0.1, 0.15) is 35.7 Å². The van der Waals surface area contributed by atoms with Crippen LogP contribution in [0.15, 0.2) is 60.2 Å². The maximum absolute atomic E-state index is 13.6. The quantitative estimate of drug-likeness (QED) is 0.326. The van der Waals surface area contributed by atoms with Gasteiger partial charge in [0.2, 0.25) is 6.33 Å². The van der Waals surface area contributed by atoms with Crippen LogP contribution in [0.1, 0.15) is 40.2 Å². The van der Waals surface area contributed by atoms with Crippen molar-refractivity contribution in [3.05, 3.63) is 65.8 Å². The third kappa shape index (κ3) is 5.34. The van der Waals surface area contributed by atoms with Gasteiger partial charge in [0.05, 0.1) is 18.7 Å². The number of hydrogen-bond donors (Lipinski definition) is 0. The van der Waals surface area contributed by atoms with Crippen molar-refractivity contribution in [2.75, 3.05) is 12.9 Å². The van der Waals surface area contributed by atoms with Crippen LogP contribution in [0.3, 0.4) is 0 Å². The van der Waals surface area contributed by atoms with Crippen LogP contribution in [0.5, 0.6) is 5.75 Å². The largest absolute Gasteiger partial charge is 0.497 e. The minimum Gasteiger partial charge on any atom is -0.497 e. The third-order valence-electron chi connectivity index (χ3n) is 7.20. The molecule has 4 heterocycles. The number of aromatic nitrogens is 3. The topological polar surface area (TPSA) is 86.8 Å². The lowest BCUT2D eigenvalue weighted by atomic mass is 9.89. The molecule has 3 unspecified atom stereocenters. The minimum absolute atomic E-state index is 0.179. The summed E-state index contributed by atoms with van der Waals surface area (Å²) in [5.41, 5.74) is 3.16. The number of fused-ring (bicyclic) bond motifs is 2.